The molecule has 0 radical (unpaired) electrons. The third-order valence-corrected chi connectivity index (χ3v) is 5.40. The number of hydrogen-bond acceptors (Lipinski definition) is 6. The molecule has 1 amide bonds. The summed E-state index contributed by atoms with van der Waals surface area (Å²) in [6.45, 7) is 6.08. The maximum absolute atomic E-state index is 12.5. The van der Waals surface area contributed by atoms with Crippen molar-refractivity contribution in [1.82, 2.24) is 15.1 Å². The van der Waals surface area contributed by atoms with Gasteiger partial charge in [0.2, 0.25) is 0 Å². The molecule has 0 saturated carbocycles. The fourth-order valence-electron chi connectivity index (χ4n) is 3.29. The fourth-order valence-corrected chi connectivity index (χ4v) is 3.29. The maximum atomic E-state index is 12.5. The van der Waals surface area contributed by atoms with E-state index in [4.69, 9.17) is 14.2 Å². The van der Waals surface area contributed by atoms with Crippen molar-refractivity contribution in [2.24, 2.45) is 0 Å². The number of carbonyl (C=O) groups is 1. The Morgan fingerprint density at radius 3 is 2.58 bits per heavy atom. The van der Waals surface area contributed by atoms with Crippen molar-refractivity contribution in [3.8, 4) is 28.5 Å². The van der Waals surface area contributed by atoms with Gasteiger partial charge in [-0.05, 0) is 62.2 Å². The highest BCUT2D eigenvalue weighted by atomic mass is 16.5. The van der Waals surface area contributed by atoms with Gasteiger partial charge >= 0.3 is 0 Å². The molecule has 0 spiro atoms. The topological polar surface area (TPSA) is 91.7 Å². The average Bonchev–Trinajstić information content (AvgIpc) is 2.82. The van der Waals surface area contributed by atoms with E-state index in [9.17, 15) is 9.59 Å². The zero-order valence-corrected chi connectivity index (χ0v) is 19.5. The van der Waals surface area contributed by atoms with Crippen molar-refractivity contribution in [3.63, 3.8) is 0 Å². The number of aryl methyl sites for hydroxylation is 1. The number of benzene rings is 2. The van der Waals surface area contributed by atoms with E-state index in [1.807, 2.05) is 32.0 Å². The van der Waals surface area contributed by atoms with E-state index in [-0.39, 0.29) is 24.6 Å². The largest absolute Gasteiger partial charge is 0.497 e. The van der Waals surface area contributed by atoms with Crippen molar-refractivity contribution in [1.29, 1.82) is 0 Å². The number of methoxy groups -OCH3 is 2. The Morgan fingerprint density at radius 2 is 1.85 bits per heavy atom. The van der Waals surface area contributed by atoms with Crippen molar-refractivity contribution >= 4 is 5.91 Å². The maximum Gasteiger partial charge on any atom is 0.266 e. The van der Waals surface area contributed by atoms with Crippen LogP contribution in [-0.2, 0) is 11.3 Å². The van der Waals surface area contributed by atoms with Crippen molar-refractivity contribution in [3.05, 3.63) is 70.0 Å². The first-order valence-corrected chi connectivity index (χ1v) is 10.6. The molecular weight excluding hydrogens is 422 g/mol. The zero-order valence-electron chi connectivity index (χ0n) is 19.5. The van der Waals surface area contributed by atoms with Crippen LogP contribution in [-0.4, -0.2) is 42.6 Å². The van der Waals surface area contributed by atoms with Crippen LogP contribution in [0.2, 0.25) is 0 Å². The van der Waals surface area contributed by atoms with Crippen LogP contribution in [0.3, 0.4) is 0 Å². The molecule has 1 aromatic heterocycles. The minimum absolute atomic E-state index is 0.209. The summed E-state index contributed by atoms with van der Waals surface area (Å²) in [5, 5.41) is 7.25. The SMILES string of the molecule is COc1ccc(OC)c(-c2ccc(=O)n(CCNC(=O)C(C)Oc3cccc(C)c3C)n2)c1. The molecule has 0 saturated heterocycles. The molecule has 1 heterocycles. The molecule has 33 heavy (non-hydrogen) atoms. The lowest BCUT2D eigenvalue weighted by molar-refractivity contribution is -0.127. The monoisotopic (exact) mass is 451 g/mol. The Kier molecular flexibility index (Phi) is 7.71. The van der Waals surface area contributed by atoms with E-state index < -0.39 is 6.10 Å². The first-order valence-electron chi connectivity index (χ1n) is 10.6. The number of hydrogen-bond donors (Lipinski definition) is 1. The predicted octanol–water partition coefficient (Wildman–Crippen LogP) is 3.13. The van der Waals surface area contributed by atoms with Crippen molar-refractivity contribution < 1.29 is 19.0 Å². The van der Waals surface area contributed by atoms with Gasteiger partial charge in [-0.3, -0.25) is 9.59 Å². The molecule has 3 rings (SSSR count). The zero-order chi connectivity index (χ0) is 24.0. The molecule has 1 atom stereocenters. The van der Waals surface area contributed by atoms with Gasteiger partial charge in [0, 0.05) is 18.2 Å². The van der Waals surface area contributed by atoms with Gasteiger partial charge in [-0.1, -0.05) is 12.1 Å². The number of nitrogens with one attached hydrogen (secondary N) is 1. The minimum atomic E-state index is -0.678. The molecule has 1 N–H and O–H groups in total. The van der Waals surface area contributed by atoms with Gasteiger partial charge in [0.15, 0.2) is 6.10 Å². The summed E-state index contributed by atoms with van der Waals surface area (Å²) in [4.78, 5) is 24.8. The Labute approximate surface area is 193 Å². The Bertz CT molecular complexity index is 1190. The van der Waals surface area contributed by atoms with Gasteiger partial charge in [0.1, 0.15) is 17.2 Å². The Hall–Kier alpha value is -3.81. The second kappa shape index (κ2) is 10.7. The number of rotatable bonds is 9. The third-order valence-electron chi connectivity index (χ3n) is 5.40. The molecule has 0 fully saturated rings. The summed E-state index contributed by atoms with van der Waals surface area (Å²) >= 11 is 0. The number of amides is 1. The Balaban J connectivity index is 1.67. The molecular formula is C25H29N3O5. The third kappa shape index (κ3) is 5.71. The summed E-state index contributed by atoms with van der Waals surface area (Å²) < 4.78 is 17.8. The molecule has 3 aromatic rings. The lowest BCUT2D eigenvalue weighted by Gasteiger charge is -2.17. The Morgan fingerprint density at radius 1 is 1.06 bits per heavy atom. The lowest BCUT2D eigenvalue weighted by atomic mass is 10.1. The van der Waals surface area contributed by atoms with E-state index in [2.05, 4.69) is 10.4 Å². The molecule has 1 unspecified atom stereocenters. The summed E-state index contributed by atoms with van der Waals surface area (Å²) in [6, 6.07) is 14.2. The molecule has 8 nitrogen and oxygen atoms in total. The summed E-state index contributed by atoms with van der Waals surface area (Å²) in [5.74, 6) is 1.67. The highest BCUT2D eigenvalue weighted by molar-refractivity contribution is 5.80. The van der Waals surface area contributed by atoms with Crippen LogP contribution in [0.1, 0.15) is 18.1 Å². The summed E-state index contributed by atoms with van der Waals surface area (Å²) in [6.07, 6.45) is -0.678. The van der Waals surface area contributed by atoms with Crippen LogP contribution in [0.25, 0.3) is 11.3 Å². The minimum Gasteiger partial charge on any atom is -0.497 e. The van der Waals surface area contributed by atoms with Crippen LogP contribution in [0.4, 0.5) is 0 Å². The second-order valence-electron chi connectivity index (χ2n) is 7.60. The number of ether oxygens (including phenoxy) is 3. The van der Waals surface area contributed by atoms with E-state index in [1.54, 1.807) is 45.4 Å². The molecule has 0 aliphatic heterocycles. The van der Waals surface area contributed by atoms with E-state index in [0.717, 1.165) is 11.1 Å². The molecule has 0 bridgehead atoms. The van der Waals surface area contributed by atoms with Gasteiger partial charge in [0.05, 0.1) is 26.5 Å². The van der Waals surface area contributed by atoms with Crippen molar-refractivity contribution in [2.45, 2.75) is 33.4 Å². The molecule has 0 aliphatic carbocycles. The van der Waals surface area contributed by atoms with E-state index in [1.165, 1.54) is 10.7 Å². The fraction of sp³-hybridized carbons (Fsp3) is 0.320. The molecule has 0 aliphatic rings. The lowest BCUT2D eigenvalue weighted by Crippen LogP contribution is -2.39. The highest BCUT2D eigenvalue weighted by Crippen LogP contribution is 2.31. The van der Waals surface area contributed by atoms with Crippen LogP contribution in [0.5, 0.6) is 17.2 Å². The molecule has 8 heteroatoms. The van der Waals surface area contributed by atoms with Crippen LogP contribution in [0.15, 0.2) is 53.3 Å². The van der Waals surface area contributed by atoms with Crippen molar-refractivity contribution in [2.75, 3.05) is 20.8 Å². The first-order chi connectivity index (χ1) is 15.8. The first kappa shape index (κ1) is 23.8. The highest BCUT2D eigenvalue weighted by Gasteiger charge is 2.16. The van der Waals surface area contributed by atoms with Gasteiger partial charge in [-0.15, -0.1) is 0 Å². The smallest absolute Gasteiger partial charge is 0.266 e. The summed E-state index contributed by atoms with van der Waals surface area (Å²) in [5.41, 5.74) is 3.08. The molecule has 174 valence electrons. The summed E-state index contributed by atoms with van der Waals surface area (Å²) in [7, 11) is 3.14. The number of nitrogens with zero attached hydrogens (tertiary/aromatic N) is 2. The van der Waals surface area contributed by atoms with Crippen LogP contribution >= 0.6 is 0 Å². The van der Waals surface area contributed by atoms with Gasteiger partial charge in [0.25, 0.3) is 11.5 Å². The standard InChI is InChI=1S/C25H29N3O5/c1-16-7-6-8-22(17(16)2)33-18(3)25(30)26-13-14-28-24(29)12-10-21(27-28)20-15-19(31-4)9-11-23(20)32-5/h6-12,15,18H,13-14H2,1-5H3,(H,26,30). The average molecular weight is 452 g/mol. The van der Waals surface area contributed by atoms with Gasteiger partial charge in [-0.25, -0.2) is 4.68 Å². The quantitative estimate of drug-likeness (QED) is 0.538. The normalized spacial score (nSPS) is 11.5. The van der Waals surface area contributed by atoms with E-state index in [0.29, 0.717) is 28.5 Å². The number of carbonyl (C=O) groups excluding carboxylic acids is 1. The predicted molar refractivity (Wildman–Crippen MR) is 126 cm³/mol. The van der Waals surface area contributed by atoms with Gasteiger partial charge in [-0.2, -0.15) is 5.10 Å². The van der Waals surface area contributed by atoms with Crippen LogP contribution < -0.4 is 25.1 Å². The van der Waals surface area contributed by atoms with Gasteiger partial charge < -0.3 is 19.5 Å². The number of aromatic nitrogens is 2. The van der Waals surface area contributed by atoms with E-state index >= 15 is 0 Å². The molecule has 2 aromatic carbocycles. The van der Waals surface area contributed by atoms with Crippen LogP contribution in [0, 0.1) is 13.8 Å². The second-order valence-corrected chi connectivity index (χ2v) is 7.60.